The third kappa shape index (κ3) is 3.14. The lowest BCUT2D eigenvalue weighted by Crippen LogP contribution is -2.04. The van der Waals surface area contributed by atoms with Crippen LogP contribution in [0.1, 0.15) is 13.3 Å². The summed E-state index contributed by atoms with van der Waals surface area (Å²) in [6.45, 7) is 2.85. The van der Waals surface area contributed by atoms with Crippen molar-refractivity contribution in [3.8, 4) is 5.75 Å². The highest BCUT2D eigenvalue weighted by Gasteiger charge is 2.00. The van der Waals surface area contributed by atoms with Gasteiger partial charge >= 0.3 is 5.97 Å². The molecule has 1 rings (SSSR count). The predicted octanol–water partition coefficient (Wildman–Crippen LogP) is 0.756. The second-order valence-electron chi connectivity index (χ2n) is 2.52. The number of ether oxygens (including phenoxy) is 1. The molecule has 0 radical (unpaired) electrons. The Hall–Kier alpha value is -1.52. The molecular weight excluding hydrogens is 172 g/mol. The highest BCUT2D eigenvalue weighted by atomic mass is 16.5. The molecule has 5 nitrogen and oxygen atoms in total. The first-order chi connectivity index (χ1) is 6.22. The maximum atomic E-state index is 10.2. The van der Waals surface area contributed by atoms with Gasteiger partial charge in [0.05, 0.1) is 32.0 Å². The molecule has 0 aliphatic carbocycles. The van der Waals surface area contributed by atoms with Gasteiger partial charge in [0.15, 0.2) is 5.75 Å². The number of hydrogen-bond donors (Lipinski definition) is 1. The van der Waals surface area contributed by atoms with Gasteiger partial charge in [-0.1, -0.05) is 0 Å². The summed E-state index contributed by atoms with van der Waals surface area (Å²) in [6, 6.07) is 0. The van der Waals surface area contributed by atoms with Crippen molar-refractivity contribution in [2.75, 3.05) is 6.61 Å². The molecule has 1 N–H and O–H groups in total. The molecule has 0 amide bonds. The largest absolute Gasteiger partial charge is 0.491 e. The number of carboxylic acids is 1. The second-order valence-corrected chi connectivity index (χ2v) is 2.52. The first kappa shape index (κ1) is 9.57. The van der Waals surface area contributed by atoms with Gasteiger partial charge in [0, 0.05) is 0 Å². The SMILES string of the molecule is CCOc1cnn(CCC(=O)O)c1. The molecular formula is C8H12N2O3. The maximum absolute atomic E-state index is 10.2. The minimum atomic E-state index is -0.826. The van der Waals surface area contributed by atoms with Crippen LogP contribution in [0.3, 0.4) is 0 Å². The minimum absolute atomic E-state index is 0.0766. The Morgan fingerprint density at radius 1 is 1.77 bits per heavy atom. The Morgan fingerprint density at radius 3 is 3.15 bits per heavy atom. The molecule has 1 heterocycles. The van der Waals surface area contributed by atoms with Crippen molar-refractivity contribution in [3.63, 3.8) is 0 Å². The number of hydrogen-bond acceptors (Lipinski definition) is 3. The van der Waals surface area contributed by atoms with E-state index in [4.69, 9.17) is 9.84 Å². The van der Waals surface area contributed by atoms with Crippen LogP contribution in [-0.2, 0) is 11.3 Å². The normalized spacial score (nSPS) is 9.92. The smallest absolute Gasteiger partial charge is 0.305 e. The van der Waals surface area contributed by atoms with Crippen LogP contribution >= 0.6 is 0 Å². The summed E-state index contributed by atoms with van der Waals surface area (Å²) < 4.78 is 6.72. The van der Waals surface area contributed by atoms with Crippen molar-refractivity contribution in [2.24, 2.45) is 0 Å². The summed E-state index contributed by atoms with van der Waals surface area (Å²) in [6.07, 6.45) is 3.34. The highest BCUT2D eigenvalue weighted by Crippen LogP contribution is 2.07. The van der Waals surface area contributed by atoms with E-state index >= 15 is 0 Å². The molecule has 0 bridgehead atoms. The molecule has 0 unspecified atom stereocenters. The van der Waals surface area contributed by atoms with Crippen LogP contribution in [0.4, 0.5) is 0 Å². The van der Waals surface area contributed by atoms with Gasteiger partial charge in [-0.25, -0.2) is 0 Å². The lowest BCUT2D eigenvalue weighted by molar-refractivity contribution is -0.137. The molecule has 72 valence electrons. The Morgan fingerprint density at radius 2 is 2.54 bits per heavy atom. The molecule has 1 aromatic rings. The van der Waals surface area contributed by atoms with Crippen molar-refractivity contribution in [1.82, 2.24) is 9.78 Å². The summed E-state index contributed by atoms with van der Waals surface area (Å²) >= 11 is 0. The van der Waals surface area contributed by atoms with E-state index in [2.05, 4.69) is 5.10 Å². The number of aromatic nitrogens is 2. The number of carboxylic acid groups (broad SMARTS) is 1. The lowest BCUT2D eigenvalue weighted by atomic mass is 10.4. The van der Waals surface area contributed by atoms with Gasteiger partial charge in [0.2, 0.25) is 0 Å². The predicted molar refractivity (Wildman–Crippen MR) is 45.6 cm³/mol. The third-order valence-corrected chi connectivity index (χ3v) is 1.48. The van der Waals surface area contributed by atoms with Gasteiger partial charge in [-0.3, -0.25) is 9.48 Å². The van der Waals surface area contributed by atoms with Crippen molar-refractivity contribution in [3.05, 3.63) is 12.4 Å². The topological polar surface area (TPSA) is 64.4 Å². The van der Waals surface area contributed by atoms with Crippen LogP contribution in [0, 0.1) is 0 Å². The maximum Gasteiger partial charge on any atom is 0.305 e. The van der Waals surface area contributed by atoms with E-state index in [1.165, 1.54) is 0 Å². The lowest BCUT2D eigenvalue weighted by Gasteiger charge is -1.97. The molecule has 0 fully saturated rings. The van der Waals surface area contributed by atoms with Crippen LogP contribution in [0.15, 0.2) is 12.4 Å². The van der Waals surface area contributed by atoms with E-state index in [1.807, 2.05) is 6.92 Å². The van der Waals surface area contributed by atoms with Gasteiger partial charge in [0.25, 0.3) is 0 Å². The van der Waals surface area contributed by atoms with Gasteiger partial charge in [-0.15, -0.1) is 0 Å². The van der Waals surface area contributed by atoms with Gasteiger partial charge in [-0.05, 0) is 6.92 Å². The van der Waals surface area contributed by atoms with E-state index in [9.17, 15) is 4.79 Å². The molecule has 0 aromatic carbocycles. The van der Waals surface area contributed by atoms with E-state index in [0.29, 0.717) is 18.9 Å². The fourth-order valence-electron chi connectivity index (χ4n) is 0.918. The van der Waals surface area contributed by atoms with Crippen LogP contribution in [0.5, 0.6) is 5.75 Å². The quantitative estimate of drug-likeness (QED) is 0.733. The van der Waals surface area contributed by atoms with Crippen molar-refractivity contribution in [1.29, 1.82) is 0 Å². The van der Waals surface area contributed by atoms with Crippen LogP contribution in [0.25, 0.3) is 0 Å². The van der Waals surface area contributed by atoms with Gasteiger partial charge in [-0.2, -0.15) is 5.10 Å². The Kier molecular flexibility index (Phi) is 3.31. The number of carbonyl (C=O) groups is 1. The number of aliphatic carboxylic acids is 1. The van der Waals surface area contributed by atoms with Gasteiger partial charge in [0.1, 0.15) is 0 Å². The van der Waals surface area contributed by atoms with Crippen molar-refractivity contribution in [2.45, 2.75) is 19.9 Å². The average Bonchev–Trinajstić information content (AvgIpc) is 2.50. The van der Waals surface area contributed by atoms with Crippen molar-refractivity contribution >= 4 is 5.97 Å². The molecule has 0 aliphatic rings. The van der Waals surface area contributed by atoms with Crippen LogP contribution in [-0.4, -0.2) is 27.5 Å². The minimum Gasteiger partial charge on any atom is -0.491 e. The molecule has 1 aromatic heterocycles. The number of aryl methyl sites for hydroxylation is 1. The Bertz CT molecular complexity index is 283. The van der Waals surface area contributed by atoms with E-state index in [-0.39, 0.29) is 6.42 Å². The number of nitrogens with zero attached hydrogens (tertiary/aromatic N) is 2. The van der Waals surface area contributed by atoms with Crippen molar-refractivity contribution < 1.29 is 14.6 Å². The molecule has 0 aliphatic heterocycles. The van der Waals surface area contributed by atoms with E-state index in [1.54, 1.807) is 17.1 Å². The summed E-state index contributed by atoms with van der Waals surface area (Å²) in [5.41, 5.74) is 0. The summed E-state index contributed by atoms with van der Waals surface area (Å²) in [5.74, 6) is -0.152. The molecule has 0 saturated heterocycles. The summed E-state index contributed by atoms with van der Waals surface area (Å²) in [5, 5.41) is 12.3. The molecule has 0 saturated carbocycles. The van der Waals surface area contributed by atoms with Crippen LogP contribution in [0.2, 0.25) is 0 Å². The van der Waals surface area contributed by atoms with E-state index < -0.39 is 5.97 Å². The Balaban J connectivity index is 2.44. The molecule has 0 spiro atoms. The highest BCUT2D eigenvalue weighted by molar-refractivity contribution is 5.66. The fourth-order valence-corrected chi connectivity index (χ4v) is 0.918. The monoisotopic (exact) mass is 184 g/mol. The molecule has 0 atom stereocenters. The zero-order valence-corrected chi connectivity index (χ0v) is 7.43. The molecule has 13 heavy (non-hydrogen) atoms. The standard InChI is InChI=1S/C8H12N2O3/c1-2-13-7-5-9-10(6-7)4-3-8(11)12/h5-6H,2-4H2,1H3,(H,11,12). The first-order valence-electron chi connectivity index (χ1n) is 4.09. The zero-order chi connectivity index (χ0) is 9.68. The van der Waals surface area contributed by atoms with Crippen LogP contribution < -0.4 is 4.74 Å². The zero-order valence-electron chi connectivity index (χ0n) is 7.43. The average molecular weight is 184 g/mol. The fraction of sp³-hybridized carbons (Fsp3) is 0.500. The third-order valence-electron chi connectivity index (χ3n) is 1.48. The molecule has 5 heteroatoms. The van der Waals surface area contributed by atoms with Gasteiger partial charge < -0.3 is 9.84 Å². The first-order valence-corrected chi connectivity index (χ1v) is 4.09. The number of rotatable bonds is 5. The second kappa shape index (κ2) is 4.49. The Labute approximate surface area is 75.9 Å². The summed E-state index contributed by atoms with van der Waals surface area (Å²) in [7, 11) is 0. The van der Waals surface area contributed by atoms with E-state index in [0.717, 1.165) is 0 Å². The summed E-state index contributed by atoms with van der Waals surface area (Å²) in [4.78, 5) is 10.2.